The molecule has 0 heterocycles. The summed E-state index contributed by atoms with van der Waals surface area (Å²) in [4.78, 5) is 0. The zero-order chi connectivity index (χ0) is 0. The van der Waals surface area contributed by atoms with E-state index in [0.717, 1.165) is 0 Å². The maximum absolute atomic E-state index is 0. The molecule has 0 aromatic carbocycles. The molecule has 17 radical (unpaired) electrons. The molecular formula is C5H39B5F4IY2. The molecule has 0 fully saturated rings. The van der Waals surface area contributed by atoms with Gasteiger partial charge in [-0.05, 0) is 0 Å². The first-order chi connectivity index (χ1) is 0. The molecule has 17 heavy (non-hydrogen) atoms. The Kier molecular flexibility index (Phi) is 32900. The monoisotopic (exact) mass is 540 g/mol. The fourth-order valence-electron chi connectivity index (χ4n) is 0. The van der Waals surface area contributed by atoms with Crippen LogP contribution < -0.4 is 0 Å². The fraction of sp³-hybridized carbons (Fsp3) is 1.00. The minimum atomic E-state index is 0. The molecule has 0 saturated carbocycles. The van der Waals surface area contributed by atoms with Crippen LogP contribution in [0.1, 0.15) is 47.1 Å². The summed E-state index contributed by atoms with van der Waals surface area (Å²) in [6.07, 6.45) is 0. The average Bonchev–Trinajstić information content (AvgIpc) is 0. The summed E-state index contributed by atoms with van der Waals surface area (Å²) >= 11 is 0. The summed E-state index contributed by atoms with van der Waals surface area (Å²) in [5.74, 6) is 0. The van der Waals surface area contributed by atoms with E-state index in [-0.39, 0.29) is 197 Å². The van der Waals surface area contributed by atoms with Gasteiger partial charge in [-0.2, -0.15) is 0 Å². The van der Waals surface area contributed by atoms with Crippen LogP contribution in [0.15, 0.2) is 0 Å². The Hall–Kier alpha value is 2.98. The Bertz CT molecular complexity index is 57.2. The SMILES string of the molecule is C.C.C.C.C.F.F.F.F.I.[2HH].[2HH].[2HH].[2HH].[2HH].[B].[B].[B].[B].[B].[HH].[HH].[Y].[Y]. The van der Waals surface area contributed by atoms with Gasteiger partial charge < -0.3 is 0 Å². The minimum absolute atomic E-state index is 0. The smallest absolute Gasteiger partial charge is 0 e. The molecule has 0 amide bonds. The molecule has 0 rings (SSSR count). The van der Waals surface area contributed by atoms with Gasteiger partial charge in [-0.3, -0.25) is 18.8 Å². The number of hydrogen-bond acceptors (Lipinski definition) is 0. The molecule has 0 saturated heterocycles. The van der Waals surface area contributed by atoms with Crippen LogP contribution in [0.5, 0.6) is 0 Å². The average molecular weight is 539 g/mol. The van der Waals surface area contributed by atoms with Crippen molar-refractivity contribution in [1.29, 1.82) is 0 Å². The maximum Gasteiger partial charge on any atom is 0 e. The summed E-state index contributed by atoms with van der Waals surface area (Å²) in [6, 6.07) is 0. The fourth-order valence-corrected chi connectivity index (χ4v) is 0. The van der Waals surface area contributed by atoms with Crippen LogP contribution in [-0.2, 0) is 65.4 Å². The summed E-state index contributed by atoms with van der Waals surface area (Å²) in [7, 11) is 0. The summed E-state index contributed by atoms with van der Waals surface area (Å²) in [5.41, 5.74) is 0. The molecule has 0 bridgehead atoms. The molecule has 0 unspecified atom stereocenters. The van der Waals surface area contributed by atoms with Crippen LogP contribution in [-0.4, -0.2) is 42.1 Å². The normalized spacial score (nSPS) is 0. The molecule has 0 aromatic rings. The van der Waals surface area contributed by atoms with E-state index in [1.807, 2.05) is 0 Å². The third-order valence-corrected chi connectivity index (χ3v) is 0. The molecule has 0 aliphatic rings. The molecule has 0 aliphatic heterocycles. The maximum atomic E-state index is 0. The summed E-state index contributed by atoms with van der Waals surface area (Å²) < 4.78 is 0. The number of halogens is 5. The van der Waals surface area contributed by atoms with E-state index in [1.165, 1.54) is 0 Å². The standard InChI is InChI=1S/5CH4.5B.4FH.HI.2Y.7H2/h5*1H4;;;;;;5*1H;;;7*1H/i;;;;;;;;;;;;;;;;;5*1+1;;. The molecule has 0 spiro atoms. The van der Waals surface area contributed by atoms with Crippen LogP contribution in [0.4, 0.5) is 18.8 Å². The number of hydrogen-bond donors (Lipinski definition) is 0. The van der Waals surface area contributed by atoms with Crippen molar-refractivity contribution in [1.82, 2.24) is 0 Å². The van der Waals surface area contributed by atoms with Crippen LogP contribution in [0.25, 0.3) is 0 Å². The quantitative estimate of drug-likeness (QED) is 0.246. The zero-order valence-corrected chi connectivity index (χ0v) is 14.1. The van der Waals surface area contributed by atoms with Gasteiger partial charge in [0.1, 0.15) is 0 Å². The molecule has 0 nitrogen and oxygen atoms in total. The van der Waals surface area contributed by atoms with Gasteiger partial charge in [-0.25, -0.2) is 0 Å². The third kappa shape index (κ3) is 615. The van der Waals surface area contributed by atoms with Crippen molar-refractivity contribution in [3.8, 4) is 0 Å². The minimum Gasteiger partial charge on any atom is -0.269 e. The van der Waals surface area contributed by atoms with Crippen LogP contribution >= 0.6 is 24.0 Å². The Morgan fingerprint density at radius 2 is 0.412 bits per heavy atom. The topological polar surface area (TPSA) is 0 Å². The van der Waals surface area contributed by atoms with E-state index < -0.39 is 0 Å². The van der Waals surface area contributed by atoms with Gasteiger partial charge in [0.25, 0.3) is 0 Å². The van der Waals surface area contributed by atoms with E-state index in [0.29, 0.717) is 0 Å². The molecule has 115 valence electrons. The van der Waals surface area contributed by atoms with Gasteiger partial charge in [0, 0.05) is 117 Å². The van der Waals surface area contributed by atoms with Crippen LogP contribution in [0.2, 0.25) is 0 Å². The Morgan fingerprint density at radius 1 is 0.412 bits per heavy atom. The van der Waals surface area contributed by atoms with E-state index in [4.69, 9.17) is 0 Å². The zero-order valence-electron chi connectivity index (χ0n) is 6.08. The predicted octanol–water partition coefficient (Wildman–Crippen LogP) is 4.22. The van der Waals surface area contributed by atoms with Crippen molar-refractivity contribution in [2.45, 2.75) is 37.1 Å². The van der Waals surface area contributed by atoms with E-state index in [9.17, 15) is 0 Å². The van der Waals surface area contributed by atoms with Crippen molar-refractivity contribution in [2.24, 2.45) is 0 Å². The Labute approximate surface area is 195 Å². The second-order valence-electron chi connectivity index (χ2n) is 0. The van der Waals surface area contributed by atoms with Crippen molar-refractivity contribution in [2.75, 3.05) is 0 Å². The Balaban J connectivity index is 0. The van der Waals surface area contributed by atoms with Gasteiger partial charge in [-0.15, -0.1) is 24.0 Å². The van der Waals surface area contributed by atoms with Gasteiger partial charge in [0.05, 0.1) is 0 Å². The van der Waals surface area contributed by atoms with E-state index in [1.54, 1.807) is 0 Å². The molecule has 0 aromatic heterocycles. The first-order valence-electron chi connectivity index (χ1n) is 0. The molecule has 0 N–H and O–H groups in total. The van der Waals surface area contributed by atoms with Gasteiger partial charge >= 0.3 is 0 Å². The van der Waals surface area contributed by atoms with Crippen molar-refractivity contribution in [3.05, 3.63) is 0 Å². The first-order valence-corrected chi connectivity index (χ1v) is 0. The van der Waals surface area contributed by atoms with Crippen molar-refractivity contribution >= 4 is 66.0 Å². The molecular weight excluding hydrogens is 495 g/mol. The second kappa shape index (κ2) is 690. The van der Waals surface area contributed by atoms with Gasteiger partial charge in [-0.1, -0.05) is 37.1 Å². The van der Waals surface area contributed by atoms with E-state index >= 15 is 0 Å². The largest absolute Gasteiger partial charge is 0.269 e. The predicted molar refractivity (Wildman–Crippen MR) is 103 cm³/mol. The van der Waals surface area contributed by atoms with Crippen molar-refractivity contribution in [3.63, 3.8) is 0 Å². The van der Waals surface area contributed by atoms with Crippen LogP contribution in [0, 0.1) is 0 Å². The van der Waals surface area contributed by atoms with Crippen LogP contribution in [0.3, 0.4) is 0 Å². The number of rotatable bonds is 0. The van der Waals surface area contributed by atoms with Crippen molar-refractivity contribution < 1.29 is 94.2 Å². The van der Waals surface area contributed by atoms with Gasteiger partial charge in [0.15, 0.2) is 0 Å². The molecule has 12 heteroatoms. The summed E-state index contributed by atoms with van der Waals surface area (Å²) in [6.45, 7) is 0. The molecule has 0 atom stereocenters. The second-order valence-corrected chi connectivity index (χ2v) is 0. The summed E-state index contributed by atoms with van der Waals surface area (Å²) in [5, 5.41) is 0. The van der Waals surface area contributed by atoms with E-state index in [2.05, 4.69) is 0 Å². The Morgan fingerprint density at radius 3 is 0.412 bits per heavy atom. The first kappa shape index (κ1) is 809. The third-order valence-electron chi connectivity index (χ3n) is 0. The molecule has 0 aliphatic carbocycles. The van der Waals surface area contributed by atoms with Gasteiger partial charge in [0.2, 0.25) is 0 Å².